The van der Waals surface area contributed by atoms with Gasteiger partial charge in [0.15, 0.2) is 8.32 Å². The lowest BCUT2D eigenvalue weighted by Gasteiger charge is -2.42. The standard InChI is InChI=1S/C22H35IO3Si/c1-17(13-14-23)21(26-27(7,8)22(3,4)5)18(2)15-25-16-19-9-11-20(24-6)12-10-19/h9-12,17-18,21H,15-16H2,1-8H3/t17-,18-,21-/m0/s1. The van der Waals surface area contributed by atoms with E-state index >= 15 is 0 Å². The van der Waals surface area contributed by atoms with E-state index in [2.05, 4.69) is 80.2 Å². The van der Waals surface area contributed by atoms with Crippen LogP contribution in [0.3, 0.4) is 0 Å². The third-order valence-corrected chi connectivity index (χ3v) is 10.2. The molecule has 27 heavy (non-hydrogen) atoms. The number of hydrogen-bond donors (Lipinski definition) is 0. The smallest absolute Gasteiger partial charge is 0.192 e. The van der Waals surface area contributed by atoms with Crippen molar-refractivity contribution < 1.29 is 13.9 Å². The average Bonchev–Trinajstić information content (AvgIpc) is 2.59. The van der Waals surface area contributed by atoms with E-state index in [0.717, 1.165) is 11.3 Å². The van der Waals surface area contributed by atoms with Crippen LogP contribution in [0.25, 0.3) is 0 Å². The van der Waals surface area contributed by atoms with Gasteiger partial charge in [-0.2, -0.15) is 0 Å². The van der Waals surface area contributed by atoms with E-state index in [1.165, 1.54) is 0 Å². The van der Waals surface area contributed by atoms with Crippen LogP contribution < -0.4 is 4.74 Å². The van der Waals surface area contributed by atoms with Crippen LogP contribution in [-0.2, 0) is 15.8 Å². The fraction of sp³-hybridized carbons (Fsp3) is 0.636. The zero-order chi connectivity index (χ0) is 20.7. The first-order valence-electron chi connectivity index (χ1n) is 9.51. The second-order valence-corrected chi connectivity index (χ2v) is 14.0. The van der Waals surface area contributed by atoms with E-state index in [1.54, 1.807) is 7.11 Å². The van der Waals surface area contributed by atoms with Crippen molar-refractivity contribution in [3.8, 4) is 15.6 Å². The summed E-state index contributed by atoms with van der Waals surface area (Å²) in [5, 5.41) is 0.173. The minimum Gasteiger partial charge on any atom is -0.497 e. The predicted molar refractivity (Wildman–Crippen MR) is 125 cm³/mol. The van der Waals surface area contributed by atoms with Gasteiger partial charge in [0, 0.05) is 34.4 Å². The first-order valence-corrected chi connectivity index (χ1v) is 13.5. The minimum absolute atomic E-state index is 0.0732. The molecule has 0 saturated heterocycles. The fourth-order valence-electron chi connectivity index (χ4n) is 2.58. The molecule has 0 N–H and O–H groups in total. The lowest BCUT2D eigenvalue weighted by atomic mass is 9.95. The van der Waals surface area contributed by atoms with Crippen LogP contribution in [0.1, 0.15) is 40.2 Å². The topological polar surface area (TPSA) is 27.7 Å². The lowest BCUT2D eigenvalue weighted by Crippen LogP contribution is -2.47. The lowest BCUT2D eigenvalue weighted by molar-refractivity contribution is 0.0210. The van der Waals surface area contributed by atoms with Gasteiger partial charge in [0.05, 0.1) is 26.4 Å². The molecule has 0 aliphatic heterocycles. The van der Waals surface area contributed by atoms with Gasteiger partial charge in [-0.3, -0.25) is 0 Å². The molecule has 1 aromatic rings. The van der Waals surface area contributed by atoms with Crippen molar-refractivity contribution in [2.75, 3.05) is 13.7 Å². The monoisotopic (exact) mass is 502 g/mol. The van der Waals surface area contributed by atoms with Crippen LogP contribution in [0.2, 0.25) is 18.1 Å². The van der Waals surface area contributed by atoms with Crippen molar-refractivity contribution in [2.24, 2.45) is 11.8 Å². The molecule has 3 atom stereocenters. The molecule has 0 amide bonds. The Labute approximate surface area is 180 Å². The van der Waals surface area contributed by atoms with E-state index in [-0.39, 0.29) is 23.0 Å². The quantitative estimate of drug-likeness (QED) is 0.226. The Balaban J connectivity index is 2.74. The molecule has 0 bridgehead atoms. The van der Waals surface area contributed by atoms with E-state index in [4.69, 9.17) is 13.9 Å². The Morgan fingerprint density at radius 3 is 2.19 bits per heavy atom. The van der Waals surface area contributed by atoms with E-state index in [9.17, 15) is 0 Å². The summed E-state index contributed by atoms with van der Waals surface area (Å²) in [6.07, 6.45) is 0.0732. The maximum absolute atomic E-state index is 6.75. The molecular weight excluding hydrogens is 467 g/mol. The number of benzene rings is 1. The highest BCUT2D eigenvalue weighted by Gasteiger charge is 2.41. The molecule has 0 radical (unpaired) electrons. The molecule has 1 aromatic carbocycles. The molecule has 1 rings (SSSR count). The highest BCUT2D eigenvalue weighted by atomic mass is 127. The zero-order valence-electron chi connectivity index (χ0n) is 18.1. The summed E-state index contributed by atoms with van der Waals surface area (Å²) in [5.74, 6) is 4.59. The molecule has 0 aliphatic rings. The van der Waals surface area contributed by atoms with Crippen molar-refractivity contribution in [1.29, 1.82) is 0 Å². The Hall–Kier alpha value is -0.553. The van der Waals surface area contributed by atoms with Crippen molar-refractivity contribution in [2.45, 2.75) is 65.5 Å². The third kappa shape index (κ3) is 7.76. The van der Waals surface area contributed by atoms with Crippen molar-refractivity contribution in [1.82, 2.24) is 0 Å². The van der Waals surface area contributed by atoms with E-state index < -0.39 is 8.32 Å². The molecule has 0 spiro atoms. The van der Waals surface area contributed by atoms with Crippen LogP contribution in [0.4, 0.5) is 0 Å². The fourth-order valence-corrected chi connectivity index (χ4v) is 4.54. The van der Waals surface area contributed by atoms with Crippen LogP contribution in [0, 0.1) is 21.7 Å². The molecule has 0 aromatic heterocycles. The summed E-state index contributed by atoms with van der Waals surface area (Å²) in [7, 11) is -0.200. The number of halogens is 1. The molecule has 5 heteroatoms. The van der Waals surface area contributed by atoms with Crippen LogP contribution in [0.15, 0.2) is 24.3 Å². The SMILES string of the molecule is COc1ccc(COC[C@H](C)[C@@H](O[Si](C)(C)C(C)(C)C)[C@@H](C)C#CI)cc1. The maximum atomic E-state index is 6.75. The van der Waals surface area contributed by atoms with Gasteiger partial charge in [-0.05, 0) is 46.7 Å². The van der Waals surface area contributed by atoms with Gasteiger partial charge in [-0.25, -0.2) is 0 Å². The first-order chi connectivity index (χ1) is 12.5. The van der Waals surface area contributed by atoms with Gasteiger partial charge < -0.3 is 13.9 Å². The maximum Gasteiger partial charge on any atom is 0.192 e. The van der Waals surface area contributed by atoms with Crippen LogP contribution in [0.5, 0.6) is 5.75 Å². The summed E-state index contributed by atoms with van der Waals surface area (Å²) in [4.78, 5) is 0. The molecule has 0 aliphatic carbocycles. The highest BCUT2D eigenvalue weighted by Crippen LogP contribution is 2.39. The van der Waals surface area contributed by atoms with Crippen molar-refractivity contribution in [3.05, 3.63) is 29.8 Å². The largest absolute Gasteiger partial charge is 0.497 e. The molecule has 152 valence electrons. The molecule has 3 nitrogen and oxygen atoms in total. The first kappa shape index (κ1) is 24.5. The Morgan fingerprint density at radius 1 is 1.11 bits per heavy atom. The Morgan fingerprint density at radius 2 is 1.70 bits per heavy atom. The van der Waals surface area contributed by atoms with E-state index in [0.29, 0.717) is 13.2 Å². The zero-order valence-corrected chi connectivity index (χ0v) is 21.2. The van der Waals surface area contributed by atoms with Gasteiger partial charge in [0.2, 0.25) is 0 Å². The number of ether oxygens (including phenoxy) is 2. The Bertz CT molecular complexity index is 626. The molecule has 0 saturated carbocycles. The molecular formula is C22H35IO3Si. The van der Waals surface area contributed by atoms with Crippen LogP contribution >= 0.6 is 22.6 Å². The second kappa shape index (κ2) is 10.8. The summed E-state index contributed by atoms with van der Waals surface area (Å²) >= 11 is 2.11. The van der Waals surface area contributed by atoms with Gasteiger partial charge >= 0.3 is 0 Å². The molecule has 0 fully saturated rings. The summed E-state index contributed by atoms with van der Waals surface area (Å²) in [6.45, 7) is 17.0. The molecule has 0 heterocycles. The predicted octanol–water partition coefficient (Wildman–Crippen LogP) is 6.27. The highest BCUT2D eigenvalue weighted by molar-refractivity contribution is 14.1. The Kier molecular flexibility index (Phi) is 9.84. The number of rotatable bonds is 9. The average molecular weight is 503 g/mol. The van der Waals surface area contributed by atoms with Crippen molar-refractivity contribution >= 4 is 30.9 Å². The van der Waals surface area contributed by atoms with Crippen LogP contribution in [-0.4, -0.2) is 28.1 Å². The number of hydrogen-bond acceptors (Lipinski definition) is 3. The van der Waals surface area contributed by atoms with Gasteiger partial charge in [0.1, 0.15) is 5.75 Å². The van der Waals surface area contributed by atoms with E-state index in [1.807, 2.05) is 24.3 Å². The summed E-state index contributed by atoms with van der Waals surface area (Å²) in [5.41, 5.74) is 1.14. The normalized spacial score (nSPS) is 15.4. The molecule has 0 unspecified atom stereocenters. The summed E-state index contributed by atoms with van der Waals surface area (Å²) in [6, 6.07) is 8.00. The second-order valence-electron chi connectivity index (χ2n) is 8.71. The van der Waals surface area contributed by atoms with Crippen molar-refractivity contribution in [3.63, 3.8) is 0 Å². The third-order valence-electron chi connectivity index (χ3n) is 5.38. The number of methoxy groups -OCH3 is 1. The van der Waals surface area contributed by atoms with Gasteiger partial charge in [-0.15, -0.1) is 0 Å². The summed E-state index contributed by atoms with van der Waals surface area (Å²) < 4.78 is 21.0. The minimum atomic E-state index is -1.88. The van der Waals surface area contributed by atoms with Gasteiger partial charge in [0.25, 0.3) is 0 Å². The van der Waals surface area contributed by atoms with Gasteiger partial charge in [-0.1, -0.05) is 45.7 Å².